The molecule has 0 saturated heterocycles. The van der Waals surface area contributed by atoms with E-state index in [0.717, 1.165) is 11.8 Å². The first kappa shape index (κ1) is 7.40. The van der Waals surface area contributed by atoms with Gasteiger partial charge in [-0.2, -0.15) is 0 Å². The Morgan fingerprint density at radius 3 is 2.33 bits per heavy atom. The summed E-state index contributed by atoms with van der Waals surface area (Å²) < 4.78 is 0. The van der Waals surface area contributed by atoms with E-state index in [1.54, 1.807) is 0 Å². The van der Waals surface area contributed by atoms with Crippen molar-refractivity contribution in [3.8, 4) is 0 Å². The van der Waals surface area contributed by atoms with Gasteiger partial charge in [-0.05, 0) is 24.7 Å². The van der Waals surface area contributed by atoms with Gasteiger partial charge in [0, 0.05) is 5.38 Å². The van der Waals surface area contributed by atoms with Gasteiger partial charge in [0.05, 0.1) is 0 Å². The van der Waals surface area contributed by atoms with Crippen LogP contribution in [-0.2, 0) is 0 Å². The van der Waals surface area contributed by atoms with E-state index < -0.39 is 0 Å². The van der Waals surface area contributed by atoms with Crippen LogP contribution in [0.25, 0.3) is 0 Å². The fraction of sp³-hybridized carbons (Fsp3) is 1.00. The summed E-state index contributed by atoms with van der Waals surface area (Å²) in [6.45, 7) is 4.55. The molecule has 54 valence electrons. The summed E-state index contributed by atoms with van der Waals surface area (Å²) in [6, 6.07) is 0. The van der Waals surface area contributed by atoms with Crippen molar-refractivity contribution in [1.29, 1.82) is 0 Å². The van der Waals surface area contributed by atoms with Gasteiger partial charge in [0.2, 0.25) is 0 Å². The predicted molar refractivity (Wildman–Crippen MR) is 41.8 cm³/mol. The molecule has 0 N–H and O–H groups in total. The fourth-order valence-corrected chi connectivity index (χ4v) is 1.89. The summed E-state index contributed by atoms with van der Waals surface area (Å²) in [5.74, 6) is 1.62. The van der Waals surface area contributed by atoms with Crippen LogP contribution in [0, 0.1) is 11.8 Å². The SMILES string of the molecule is C[C@H]1CC[C@H](C)[C@H](Cl)C1. The molecule has 0 bridgehead atoms. The second kappa shape index (κ2) is 2.92. The van der Waals surface area contributed by atoms with Gasteiger partial charge in [-0.25, -0.2) is 0 Å². The van der Waals surface area contributed by atoms with Gasteiger partial charge in [-0.1, -0.05) is 20.3 Å². The third-order valence-corrected chi connectivity index (χ3v) is 2.97. The van der Waals surface area contributed by atoms with Crippen molar-refractivity contribution >= 4 is 11.6 Å². The van der Waals surface area contributed by atoms with Gasteiger partial charge in [0.15, 0.2) is 0 Å². The molecule has 0 nitrogen and oxygen atoms in total. The maximum atomic E-state index is 6.06. The van der Waals surface area contributed by atoms with Crippen LogP contribution in [0.4, 0.5) is 0 Å². The third kappa shape index (κ3) is 1.86. The maximum Gasteiger partial charge on any atom is 0.0364 e. The molecule has 1 saturated carbocycles. The molecule has 1 aliphatic carbocycles. The normalized spacial score (nSPS) is 45.0. The Kier molecular flexibility index (Phi) is 2.40. The lowest BCUT2D eigenvalue weighted by Gasteiger charge is -2.27. The topological polar surface area (TPSA) is 0 Å². The van der Waals surface area contributed by atoms with Crippen molar-refractivity contribution in [3.63, 3.8) is 0 Å². The second-order valence-corrected chi connectivity index (χ2v) is 3.97. The van der Waals surface area contributed by atoms with Crippen molar-refractivity contribution in [2.75, 3.05) is 0 Å². The smallest absolute Gasteiger partial charge is 0.0364 e. The number of hydrogen-bond donors (Lipinski definition) is 0. The van der Waals surface area contributed by atoms with Gasteiger partial charge in [0.1, 0.15) is 0 Å². The van der Waals surface area contributed by atoms with E-state index in [9.17, 15) is 0 Å². The summed E-state index contributed by atoms with van der Waals surface area (Å²) in [5, 5.41) is 0.453. The summed E-state index contributed by atoms with van der Waals surface area (Å²) in [7, 11) is 0. The molecule has 9 heavy (non-hydrogen) atoms. The molecule has 1 rings (SSSR count). The highest BCUT2D eigenvalue weighted by molar-refractivity contribution is 6.20. The van der Waals surface area contributed by atoms with Crippen molar-refractivity contribution in [1.82, 2.24) is 0 Å². The lowest BCUT2D eigenvalue weighted by molar-refractivity contribution is 0.314. The Bertz CT molecular complexity index is 90.6. The van der Waals surface area contributed by atoms with Crippen LogP contribution in [0.5, 0.6) is 0 Å². The standard InChI is InChI=1S/C8H15Cl/c1-6-3-4-7(2)8(9)5-6/h6-8H,3-5H2,1-2H3/t6-,7-,8+/m0/s1. The first-order valence-electron chi connectivity index (χ1n) is 3.84. The van der Waals surface area contributed by atoms with E-state index in [1.807, 2.05) is 0 Å². The summed E-state index contributed by atoms with van der Waals surface area (Å²) in [5.41, 5.74) is 0. The molecule has 0 spiro atoms. The van der Waals surface area contributed by atoms with E-state index in [0.29, 0.717) is 5.38 Å². The lowest BCUT2D eigenvalue weighted by Crippen LogP contribution is -2.21. The molecule has 0 unspecified atom stereocenters. The zero-order valence-electron chi connectivity index (χ0n) is 6.23. The number of halogens is 1. The maximum absolute atomic E-state index is 6.06. The molecule has 0 amide bonds. The largest absolute Gasteiger partial charge is 0.123 e. The molecule has 1 aliphatic rings. The Morgan fingerprint density at radius 2 is 1.89 bits per heavy atom. The Hall–Kier alpha value is 0.290. The quantitative estimate of drug-likeness (QED) is 0.461. The second-order valence-electron chi connectivity index (χ2n) is 3.41. The number of rotatable bonds is 0. The zero-order valence-corrected chi connectivity index (χ0v) is 6.99. The van der Waals surface area contributed by atoms with Crippen LogP contribution in [0.15, 0.2) is 0 Å². The average molecular weight is 147 g/mol. The highest BCUT2D eigenvalue weighted by Gasteiger charge is 2.22. The number of alkyl halides is 1. The molecule has 0 aromatic rings. The van der Waals surface area contributed by atoms with Gasteiger partial charge < -0.3 is 0 Å². The van der Waals surface area contributed by atoms with E-state index in [2.05, 4.69) is 13.8 Å². The van der Waals surface area contributed by atoms with Gasteiger partial charge in [-0.3, -0.25) is 0 Å². The molecule has 0 aliphatic heterocycles. The Morgan fingerprint density at radius 1 is 1.22 bits per heavy atom. The van der Waals surface area contributed by atoms with E-state index >= 15 is 0 Å². The Balaban J connectivity index is 2.35. The molecule has 3 atom stereocenters. The van der Waals surface area contributed by atoms with E-state index in [4.69, 9.17) is 11.6 Å². The minimum absolute atomic E-state index is 0.453. The van der Waals surface area contributed by atoms with Crippen LogP contribution in [0.1, 0.15) is 33.1 Å². The van der Waals surface area contributed by atoms with Gasteiger partial charge in [0.25, 0.3) is 0 Å². The predicted octanol–water partition coefficient (Wildman–Crippen LogP) is 3.05. The summed E-state index contributed by atoms with van der Waals surface area (Å²) >= 11 is 6.06. The first-order valence-corrected chi connectivity index (χ1v) is 4.28. The van der Waals surface area contributed by atoms with Crippen LogP contribution < -0.4 is 0 Å². The van der Waals surface area contributed by atoms with Crippen molar-refractivity contribution in [2.24, 2.45) is 11.8 Å². The minimum Gasteiger partial charge on any atom is -0.123 e. The average Bonchev–Trinajstić information content (AvgIpc) is 1.80. The highest BCUT2D eigenvalue weighted by atomic mass is 35.5. The van der Waals surface area contributed by atoms with Crippen LogP contribution in [0.3, 0.4) is 0 Å². The van der Waals surface area contributed by atoms with Crippen LogP contribution in [0.2, 0.25) is 0 Å². The van der Waals surface area contributed by atoms with Gasteiger partial charge in [-0.15, -0.1) is 11.6 Å². The highest BCUT2D eigenvalue weighted by Crippen LogP contribution is 2.31. The fourth-order valence-electron chi connectivity index (χ4n) is 1.46. The summed E-state index contributed by atoms with van der Waals surface area (Å²) in [6.07, 6.45) is 3.93. The monoisotopic (exact) mass is 146 g/mol. The molecule has 1 fully saturated rings. The molecule has 1 heteroatoms. The third-order valence-electron chi connectivity index (χ3n) is 2.36. The van der Waals surface area contributed by atoms with E-state index in [1.165, 1.54) is 19.3 Å². The zero-order chi connectivity index (χ0) is 6.85. The van der Waals surface area contributed by atoms with Gasteiger partial charge >= 0.3 is 0 Å². The van der Waals surface area contributed by atoms with Crippen molar-refractivity contribution in [2.45, 2.75) is 38.5 Å². The molecular weight excluding hydrogens is 132 g/mol. The van der Waals surface area contributed by atoms with E-state index in [-0.39, 0.29) is 0 Å². The summed E-state index contributed by atoms with van der Waals surface area (Å²) in [4.78, 5) is 0. The molecule has 0 aromatic carbocycles. The lowest BCUT2D eigenvalue weighted by atomic mass is 9.84. The van der Waals surface area contributed by atoms with Crippen LogP contribution in [-0.4, -0.2) is 5.38 Å². The molecular formula is C8H15Cl. The van der Waals surface area contributed by atoms with Crippen LogP contribution >= 0.6 is 11.6 Å². The minimum atomic E-state index is 0.453. The van der Waals surface area contributed by atoms with Crippen molar-refractivity contribution < 1.29 is 0 Å². The molecule has 0 heterocycles. The first-order chi connectivity index (χ1) is 4.20. The van der Waals surface area contributed by atoms with Crippen molar-refractivity contribution in [3.05, 3.63) is 0 Å². The molecule has 0 aromatic heterocycles. The number of hydrogen-bond acceptors (Lipinski definition) is 0. The molecule has 0 radical (unpaired) electrons. The Labute approximate surface area is 62.6 Å².